The Bertz CT molecular complexity index is 1330. The number of nitrogens with two attached hydrogens (primary N) is 1. The van der Waals surface area contributed by atoms with Crippen LogP contribution in [0.2, 0.25) is 0 Å². The van der Waals surface area contributed by atoms with Gasteiger partial charge in [-0.1, -0.05) is 29.5 Å². The smallest absolute Gasteiger partial charge is 0.238 e. The zero-order valence-electron chi connectivity index (χ0n) is 17.2. The SMILES string of the molecule is Cc1ccc(S(=O)(=O)Cc2nnc(SCC(=O)Nc3ccc(S(N)(=O)=O)cc3)n2C)cc1. The molecule has 1 heterocycles. The van der Waals surface area contributed by atoms with Gasteiger partial charge < -0.3 is 9.88 Å². The standard InChI is InChI=1S/C19H21N5O5S3/c1-13-3-7-15(8-4-13)31(26,27)12-17-22-23-19(24(17)2)30-11-18(25)21-14-5-9-16(10-6-14)32(20,28)29/h3-10H,11-12H2,1-2H3,(H,21,25)(H2,20,28,29). The Balaban J connectivity index is 1.61. The maximum absolute atomic E-state index is 12.6. The van der Waals surface area contributed by atoms with Gasteiger partial charge in [-0.05, 0) is 43.3 Å². The minimum atomic E-state index is -3.81. The first-order valence-corrected chi connectivity index (χ1v) is 13.4. The quantitative estimate of drug-likeness (QED) is 0.445. The molecule has 170 valence electrons. The zero-order valence-corrected chi connectivity index (χ0v) is 19.7. The summed E-state index contributed by atoms with van der Waals surface area (Å²) in [7, 11) is -5.77. The number of primary sulfonamides is 1. The Hall–Kier alpha value is -2.74. The molecule has 0 spiro atoms. The number of aromatic nitrogens is 3. The first-order chi connectivity index (χ1) is 15.0. The van der Waals surface area contributed by atoms with Gasteiger partial charge in [-0.15, -0.1) is 10.2 Å². The number of thioether (sulfide) groups is 1. The number of benzene rings is 2. The molecule has 0 aliphatic carbocycles. The molecule has 0 saturated heterocycles. The van der Waals surface area contributed by atoms with E-state index in [9.17, 15) is 21.6 Å². The molecule has 0 saturated carbocycles. The van der Waals surface area contributed by atoms with Crippen molar-refractivity contribution in [2.75, 3.05) is 11.1 Å². The van der Waals surface area contributed by atoms with Crippen molar-refractivity contribution in [1.82, 2.24) is 14.8 Å². The lowest BCUT2D eigenvalue weighted by Gasteiger charge is -2.07. The van der Waals surface area contributed by atoms with E-state index >= 15 is 0 Å². The maximum atomic E-state index is 12.6. The number of carbonyl (C=O) groups is 1. The number of rotatable bonds is 8. The van der Waals surface area contributed by atoms with Gasteiger partial charge in [-0.3, -0.25) is 4.79 Å². The number of hydrogen-bond donors (Lipinski definition) is 2. The van der Waals surface area contributed by atoms with Gasteiger partial charge in [0.2, 0.25) is 15.9 Å². The van der Waals surface area contributed by atoms with E-state index in [1.54, 1.807) is 31.3 Å². The van der Waals surface area contributed by atoms with Crippen LogP contribution in [0.15, 0.2) is 63.5 Å². The molecule has 32 heavy (non-hydrogen) atoms. The van der Waals surface area contributed by atoms with Crippen LogP contribution < -0.4 is 10.5 Å². The highest BCUT2D eigenvalue weighted by atomic mass is 32.2. The molecule has 0 bridgehead atoms. The normalized spacial score (nSPS) is 12.0. The van der Waals surface area contributed by atoms with Crippen molar-refractivity contribution < 1.29 is 21.6 Å². The molecular formula is C19H21N5O5S3. The summed E-state index contributed by atoms with van der Waals surface area (Å²) >= 11 is 1.09. The minimum absolute atomic E-state index is 0.00633. The van der Waals surface area contributed by atoms with Gasteiger partial charge in [0.15, 0.2) is 15.0 Å². The molecule has 2 aromatic carbocycles. The van der Waals surface area contributed by atoms with E-state index in [0.717, 1.165) is 17.3 Å². The molecule has 1 amide bonds. The molecule has 0 fully saturated rings. The van der Waals surface area contributed by atoms with Gasteiger partial charge in [-0.2, -0.15) is 0 Å². The molecule has 13 heteroatoms. The topological polar surface area (TPSA) is 154 Å². The Morgan fingerprint density at radius 3 is 2.19 bits per heavy atom. The fourth-order valence-electron chi connectivity index (χ4n) is 2.65. The Morgan fingerprint density at radius 2 is 1.59 bits per heavy atom. The summed E-state index contributed by atoms with van der Waals surface area (Å²) < 4.78 is 49.3. The average molecular weight is 496 g/mol. The van der Waals surface area contributed by atoms with Crippen molar-refractivity contribution in [3.05, 3.63) is 59.9 Å². The van der Waals surface area contributed by atoms with E-state index in [4.69, 9.17) is 5.14 Å². The van der Waals surface area contributed by atoms with E-state index in [1.165, 1.54) is 28.8 Å². The minimum Gasteiger partial charge on any atom is -0.325 e. The molecule has 0 radical (unpaired) electrons. The number of aryl methyl sites for hydroxylation is 1. The first-order valence-electron chi connectivity index (χ1n) is 9.19. The second-order valence-corrected chi connectivity index (χ2v) is 11.4. The summed E-state index contributed by atoms with van der Waals surface area (Å²) in [5.41, 5.74) is 1.37. The van der Waals surface area contributed by atoms with Crippen LogP contribution in [0.5, 0.6) is 0 Å². The Kier molecular flexibility index (Phi) is 7.03. The highest BCUT2D eigenvalue weighted by molar-refractivity contribution is 7.99. The summed E-state index contributed by atoms with van der Waals surface area (Å²) in [6.07, 6.45) is 0. The number of amides is 1. The highest BCUT2D eigenvalue weighted by Crippen LogP contribution is 2.21. The molecule has 0 aliphatic rings. The third kappa shape index (κ3) is 5.94. The fraction of sp³-hybridized carbons (Fsp3) is 0.211. The van der Waals surface area contributed by atoms with Crippen LogP contribution >= 0.6 is 11.8 Å². The molecule has 3 N–H and O–H groups in total. The number of sulfone groups is 1. The number of hydrogen-bond acceptors (Lipinski definition) is 8. The number of carbonyl (C=O) groups excluding carboxylic acids is 1. The molecule has 10 nitrogen and oxygen atoms in total. The van der Waals surface area contributed by atoms with Crippen LogP contribution in [0.25, 0.3) is 0 Å². The summed E-state index contributed by atoms with van der Waals surface area (Å²) in [6.45, 7) is 1.87. The van der Waals surface area contributed by atoms with E-state index in [2.05, 4.69) is 15.5 Å². The number of nitrogens with zero attached hydrogens (tertiary/aromatic N) is 3. The molecular weight excluding hydrogens is 474 g/mol. The predicted molar refractivity (Wildman–Crippen MR) is 120 cm³/mol. The van der Waals surface area contributed by atoms with Crippen molar-refractivity contribution in [1.29, 1.82) is 0 Å². The Morgan fingerprint density at radius 1 is 1.00 bits per heavy atom. The van der Waals surface area contributed by atoms with Crippen LogP contribution in [0.3, 0.4) is 0 Å². The van der Waals surface area contributed by atoms with Crippen molar-refractivity contribution >= 4 is 43.2 Å². The largest absolute Gasteiger partial charge is 0.325 e. The lowest BCUT2D eigenvalue weighted by atomic mass is 10.2. The first kappa shape index (κ1) is 23.9. The van der Waals surface area contributed by atoms with E-state index in [-0.39, 0.29) is 33.0 Å². The molecule has 3 rings (SSSR count). The lowest BCUT2D eigenvalue weighted by Crippen LogP contribution is -2.15. The highest BCUT2D eigenvalue weighted by Gasteiger charge is 2.20. The number of anilines is 1. The van der Waals surface area contributed by atoms with Crippen LogP contribution in [0.4, 0.5) is 5.69 Å². The van der Waals surface area contributed by atoms with Crippen molar-refractivity contribution in [3.63, 3.8) is 0 Å². The second kappa shape index (κ2) is 9.40. The summed E-state index contributed by atoms with van der Waals surface area (Å²) in [5, 5.41) is 16.0. The van der Waals surface area contributed by atoms with Crippen molar-refractivity contribution in [3.8, 4) is 0 Å². The van der Waals surface area contributed by atoms with Crippen molar-refractivity contribution in [2.24, 2.45) is 12.2 Å². The van der Waals surface area contributed by atoms with Crippen LogP contribution in [0.1, 0.15) is 11.4 Å². The second-order valence-electron chi connectivity index (χ2n) is 6.94. The molecule has 0 aliphatic heterocycles. The lowest BCUT2D eigenvalue weighted by molar-refractivity contribution is -0.113. The van der Waals surface area contributed by atoms with Gasteiger partial charge in [-0.25, -0.2) is 22.0 Å². The molecule has 0 atom stereocenters. The van der Waals surface area contributed by atoms with E-state index in [1.807, 2.05) is 6.92 Å². The zero-order chi connectivity index (χ0) is 23.5. The van der Waals surface area contributed by atoms with Gasteiger partial charge in [0, 0.05) is 12.7 Å². The summed E-state index contributed by atoms with van der Waals surface area (Å²) in [5.74, 6) is -0.418. The summed E-state index contributed by atoms with van der Waals surface area (Å²) in [4.78, 5) is 12.3. The molecule has 0 unspecified atom stereocenters. The number of nitrogens with one attached hydrogen (secondary N) is 1. The molecule has 1 aromatic heterocycles. The van der Waals surface area contributed by atoms with Crippen LogP contribution in [-0.2, 0) is 37.5 Å². The van der Waals surface area contributed by atoms with E-state index < -0.39 is 19.9 Å². The van der Waals surface area contributed by atoms with Crippen LogP contribution in [-0.4, -0.2) is 43.3 Å². The fourth-order valence-corrected chi connectivity index (χ4v) is 5.20. The predicted octanol–water partition coefficient (Wildman–Crippen LogP) is 1.48. The van der Waals surface area contributed by atoms with Gasteiger partial charge in [0.25, 0.3) is 0 Å². The van der Waals surface area contributed by atoms with Crippen molar-refractivity contribution in [2.45, 2.75) is 27.6 Å². The van der Waals surface area contributed by atoms with Gasteiger partial charge in [0.1, 0.15) is 11.6 Å². The third-order valence-electron chi connectivity index (χ3n) is 4.42. The summed E-state index contributed by atoms with van der Waals surface area (Å²) in [6, 6.07) is 12.0. The maximum Gasteiger partial charge on any atom is 0.238 e. The number of sulfonamides is 1. The third-order valence-corrected chi connectivity index (χ3v) is 8.00. The monoisotopic (exact) mass is 495 g/mol. The van der Waals surface area contributed by atoms with Crippen LogP contribution in [0, 0.1) is 6.92 Å². The van der Waals surface area contributed by atoms with Gasteiger partial charge in [0.05, 0.1) is 15.5 Å². The average Bonchev–Trinajstić information content (AvgIpc) is 3.05. The van der Waals surface area contributed by atoms with E-state index in [0.29, 0.717) is 10.8 Å². The molecule has 3 aromatic rings. The Labute approximate surface area is 190 Å². The van der Waals surface area contributed by atoms with Gasteiger partial charge >= 0.3 is 0 Å².